The maximum absolute atomic E-state index is 12.5. The third-order valence-electron chi connectivity index (χ3n) is 3.15. The first-order valence-corrected chi connectivity index (χ1v) is 5.83. The van der Waals surface area contributed by atoms with Gasteiger partial charge in [-0.15, -0.1) is 10.2 Å². The highest BCUT2D eigenvalue weighted by Crippen LogP contribution is 2.34. The van der Waals surface area contributed by atoms with E-state index in [1.54, 1.807) is 0 Å². The molecule has 1 aliphatic heterocycles. The summed E-state index contributed by atoms with van der Waals surface area (Å²) in [4.78, 5) is 13.3. The SMILES string of the molecule is Nc1ccc(C(=O)N2CCC(C(F)(F)F)CC2)nn1. The van der Waals surface area contributed by atoms with Gasteiger partial charge in [-0.3, -0.25) is 4.79 Å². The predicted molar refractivity (Wildman–Crippen MR) is 61.1 cm³/mol. The lowest BCUT2D eigenvalue weighted by Gasteiger charge is -2.32. The number of likely N-dealkylation sites (tertiary alicyclic amines) is 1. The summed E-state index contributed by atoms with van der Waals surface area (Å²) in [7, 11) is 0. The van der Waals surface area contributed by atoms with Gasteiger partial charge in [0.25, 0.3) is 5.91 Å². The number of nitrogens with zero attached hydrogens (tertiary/aromatic N) is 3. The summed E-state index contributed by atoms with van der Waals surface area (Å²) in [5.74, 6) is -1.55. The van der Waals surface area contributed by atoms with Crippen LogP contribution in [0.5, 0.6) is 0 Å². The van der Waals surface area contributed by atoms with Crippen molar-refractivity contribution in [1.29, 1.82) is 0 Å². The summed E-state index contributed by atoms with van der Waals surface area (Å²) < 4.78 is 37.5. The fourth-order valence-corrected chi connectivity index (χ4v) is 2.03. The maximum atomic E-state index is 12.5. The first kappa shape index (κ1) is 13.6. The van der Waals surface area contributed by atoms with Gasteiger partial charge in [0.15, 0.2) is 5.69 Å². The third kappa shape index (κ3) is 3.12. The van der Waals surface area contributed by atoms with Crippen LogP contribution < -0.4 is 5.73 Å². The molecule has 0 aromatic carbocycles. The van der Waals surface area contributed by atoms with Crippen molar-refractivity contribution in [1.82, 2.24) is 15.1 Å². The van der Waals surface area contributed by atoms with Gasteiger partial charge in [0.1, 0.15) is 5.82 Å². The summed E-state index contributed by atoms with van der Waals surface area (Å²) in [6.07, 6.45) is -4.33. The minimum Gasteiger partial charge on any atom is -0.382 e. The van der Waals surface area contributed by atoms with Crippen molar-refractivity contribution in [3.63, 3.8) is 0 Å². The highest BCUT2D eigenvalue weighted by molar-refractivity contribution is 5.92. The number of carbonyl (C=O) groups is 1. The molecule has 1 fully saturated rings. The zero-order valence-electron chi connectivity index (χ0n) is 10.0. The number of hydrogen-bond acceptors (Lipinski definition) is 4. The number of piperidine rings is 1. The van der Waals surface area contributed by atoms with E-state index in [0.29, 0.717) is 0 Å². The van der Waals surface area contributed by atoms with Gasteiger partial charge in [0.2, 0.25) is 0 Å². The summed E-state index contributed by atoms with van der Waals surface area (Å²) >= 11 is 0. The first-order chi connectivity index (χ1) is 8.88. The highest BCUT2D eigenvalue weighted by atomic mass is 19.4. The van der Waals surface area contributed by atoms with E-state index in [1.807, 2.05) is 0 Å². The lowest BCUT2D eigenvalue weighted by Crippen LogP contribution is -2.42. The zero-order chi connectivity index (χ0) is 14.0. The molecule has 0 unspecified atom stereocenters. The number of alkyl halides is 3. The molecule has 2 N–H and O–H groups in total. The molecule has 5 nitrogen and oxygen atoms in total. The highest BCUT2D eigenvalue weighted by Gasteiger charge is 2.41. The number of halogens is 3. The van der Waals surface area contributed by atoms with Gasteiger partial charge in [-0.1, -0.05) is 0 Å². The summed E-state index contributed by atoms with van der Waals surface area (Å²) in [5.41, 5.74) is 5.44. The number of carbonyl (C=O) groups excluding carboxylic acids is 1. The maximum Gasteiger partial charge on any atom is 0.391 e. The first-order valence-electron chi connectivity index (χ1n) is 5.83. The molecule has 1 aliphatic rings. The Morgan fingerprint density at radius 1 is 1.26 bits per heavy atom. The molecule has 1 aromatic heterocycles. The van der Waals surface area contributed by atoms with Crippen LogP contribution in [0.1, 0.15) is 23.3 Å². The minimum atomic E-state index is -4.18. The second-order valence-corrected chi connectivity index (χ2v) is 4.45. The average Bonchev–Trinajstić information content (AvgIpc) is 2.38. The second kappa shape index (κ2) is 5.02. The molecular weight excluding hydrogens is 261 g/mol. The molecule has 0 spiro atoms. The molecule has 19 heavy (non-hydrogen) atoms. The van der Waals surface area contributed by atoms with E-state index < -0.39 is 18.0 Å². The van der Waals surface area contributed by atoms with Crippen LogP contribution in [0.2, 0.25) is 0 Å². The van der Waals surface area contributed by atoms with E-state index in [4.69, 9.17) is 5.73 Å². The van der Waals surface area contributed by atoms with Crippen LogP contribution in [-0.2, 0) is 0 Å². The molecule has 8 heteroatoms. The number of nitrogen functional groups attached to an aromatic ring is 1. The van der Waals surface area contributed by atoms with Gasteiger partial charge in [0, 0.05) is 13.1 Å². The van der Waals surface area contributed by atoms with Crippen LogP contribution >= 0.6 is 0 Å². The summed E-state index contributed by atoms with van der Waals surface area (Å²) in [6.45, 7) is 0.157. The van der Waals surface area contributed by atoms with Crippen LogP contribution in [0.15, 0.2) is 12.1 Å². The Balaban J connectivity index is 1.98. The van der Waals surface area contributed by atoms with Gasteiger partial charge in [-0.25, -0.2) is 0 Å². The normalized spacial score (nSPS) is 17.5. The Morgan fingerprint density at radius 3 is 2.37 bits per heavy atom. The van der Waals surface area contributed by atoms with Crippen molar-refractivity contribution in [3.8, 4) is 0 Å². The molecule has 2 rings (SSSR count). The van der Waals surface area contributed by atoms with E-state index in [1.165, 1.54) is 17.0 Å². The quantitative estimate of drug-likeness (QED) is 0.841. The smallest absolute Gasteiger partial charge is 0.382 e. The lowest BCUT2D eigenvalue weighted by molar-refractivity contribution is -0.183. The van der Waals surface area contributed by atoms with E-state index in [2.05, 4.69) is 10.2 Å². The lowest BCUT2D eigenvalue weighted by atomic mass is 9.96. The van der Waals surface area contributed by atoms with Crippen molar-refractivity contribution < 1.29 is 18.0 Å². The van der Waals surface area contributed by atoms with Gasteiger partial charge in [-0.2, -0.15) is 13.2 Å². The Bertz CT molecular complexity index is 452. The van der Waals surface area contributed by atoms with E-state index in [0.717, 1.165) is 0 Å². The Hall–Kier alpha value is -1.86. The fraction of sp³-hybridized carbons (Fsp3) is 0.545. The average molecular weight is 274 g/mol. The molecule has 0 bridgehead atoms. The van der Waals surface area contributed by atoms with Crippen LogP contribution in [0.3, 0.4) is 0 Å². The molecule has 0 atom stereocenters. The number of nitrogens with two attached hydrogens (primary N) is 1. The molecule has 0 saturated carbocycles. The fourth-order valence-electron chi connectivity index (χ4n) is 2.03. The molecule has 104 valence electrons. The second-order valence-electron chi connectivity index (χ2n) is 4.45. The van der Waals surface area contributed by atoms with Crippen LogP contribution in [0, 0.1) is 5.92 Å². The van der Waals surface area contributed by atoms with Crippen molar-refractivity contribution in [2.24, 2.45) is 5.92 Å². The minimum absolute atomic E-state index is 0.0718. The van der Waals surface area contributed by atoms with Gasteiger partial charge >= 0.3 is 6.18 Å². The molecule has 0 radical (unpaired) electrons. The number of anilines is 1. The summed E-state index contributed by atoms with van der Waals surface area (Å²) in [5, 5.41) is 7.18. The van der Waals surface area contributed by atoms with Crippen molar-refractivity contribution in [2.45, 2.75) is 19.0 Å². The predicted octanol–water partition coefficient (Wildman–Crippen LogP) is 1.47. The van der Waals surface area contributed by atoms with E-state index >= 15 is 0 Å². The van der Waals surface area contributed by atoms with Crippen molar-refractivity contribution in [3.05, 3.63) is 17.8 Å². The number of aromatic nitrogens is 2. The zero-order valence-corrected chi connectivity index (χ0v) is 10.0. The number of rotatable bonds is 1. The monoisotopic (exact) mass is 274 g/mol. The van der Waals surface area contributed by atoms with Crippen LogP contribution in [0.4, 0.5) is 19.0 Å². The topological polar surface area (TPSA) is 72.1 Å². The third-order valence-corrected chi connectivity index (χ3v) is 3.15. The van der Waals surface area contributed by atoms with E-state index in [-0.39, 0.29) is 37.4 Å². The molecule has 1 amide bonds. The van der Waals surface area contributed by atoms with Gasteiger partial charge in [0.05, 0.1) is 5.92 Å². The molecule has 1 saturated heterocycles. The molecule has 2 heterocycles. The van der Waals surface area contributed by atoms with Gasteiger partial charge < -0.3 is 10.6 Å². The Kier molecular flexibility index (Phi) is 3.59. The van der Waals surface area contributed by atoms with Crippen LogP contribution in [0.25, 0.3) is 0 Å². The Labute approximate surface area is 107 Å². The van der Waals surface area contributed by atoms with Gasteiger partial charge in [-0.05, 0) is 25.0 Å². The molecular formula is C11H13F3N4O. The standard InChI is InChI=1S/C11H13F3N4O/c12-11(13,14)7-3-5-18(6-4-7)10(19)8-1-2-9(15)17-16-8/h1-2,7H,3-6H2,(H2,15,17). The van der Waals surface area contributed by atoms with Crippen molar-refractivity contribution in [2.75, 3.05) is 18.8 Å². The van der Waals surface area contributed by atoms with Crippen LogP contribution in [-0.4, -0.2) is 40.3 Å². The number of amides is 1. The molecule has 0 aliphatic carbocycles. The largest absolute Gasteiger partial charge is 0.391 e. The molecule has 1 aromatic rings. The van der Waals surface area contributed by atoms with Crippen molar-refractivity contribution >= 4 is 11.7 Å². The van der Waals surface area contributed by atoms with E-state index in [9.17, 15) is 18.0 Å². The Morgan fingerprint density at radius 2 is 1.89 bits per heavy atom. The number of hydrogen-bond donors (Lipinski definition) is 1. The summed E-state index contributed by atoms with van der Waals surface area (Å²) in [6, 6.07) is 2.85.